The molecule has 2 unspecified atom stereocenters. The fraction of sp³-hybridized carbons (Fsp3) is 0.327. The van der Waals surface area contributed by atoms with Crippen LogP contribution in [0, 0.1) is 0 Å². The lowest BCUT2D eigenvalue weighted by atomic mass is 9.81. The maximum atomic E-state index is 5.60. The van der Waals surface area contributed by atoms with Crippen LogP contribution in [0.15, 0.2) is 116 Å². The van der Waals surface area contributed by atoms with Gasteiger partial charge in [-0.05, 0) is 71.9 Å². The number of para-hydroxylation sites is 1. The molecule has 0 saturated heterocycles. The molecule has 0 saturated carbocycles. The van der Waals surface area contributed by atoms with Crippen molar-refractivity contribution in [2.24, 2.45) is 0 Å². The molecule has 7 heterocycles. The number of aromatic nitrogens is 7. The molecular weight excluding hydrogens is 687 g/mol. The number of rotatable bonds is 7. The Balaban J connectivity index is 1.28. The highest BCUT2D eigenvalue weighted by Gasteiger charge is 2.52. The molecule has 0 radical (unpaired) electrons. The molecule has 0 fully saturated rings. The molecule has 3 aromatic carbocycles. The van der Waals surface area contributed by atoms with Crippen LogP contribution >= 0.6 is 0 Å². The zero-order valence-electron chi connectivity index (χ0n) is 33.5. The molecule has 10 rings (SSSR count). The summed E-state index contributed by atoms with van der Waals surface area (Å²) in [6.45, 7) is 13.8. The lowest BCUT2D eigenvalue weighted by molar-refractivity contribution is -0.759. The predicted molar refractivity (Wildman–Crippen MR) is 225 cm³/mol. The van der Waals surface area contributed by atoms with Gasteiger partial charge in [0.05, 0.1) is 22.9 Å². The van der Waals surface area contributed by atoms with Crippen molar-refractivity contribution >= 4 is 33.0 Å². The van der Waals surface area contributed by atoms with Crippen molar-refractivity contribution in [3.05, 3.63) is 132 Å². The third kappa shape index (κ3) is 5.05. The van der Waals surface area contributed by atoms with Crippen molar-refractivity contribution in [1.29, 1.82) is 0 Å². The summed E-state index contributed by atoms with van der Waals surface area (Å²) in [7, 11) is 0. The van der Waals surface area contributed by atoms with Crippen LogP contribution in [0.3, 0.4) is 0 Å². The molecule has 2 atom stereocenters. The van der Waals surface area contributed by atoms with E-state index >= 15 is 0 Å². The average Bonchev–Trinajstić information content (AvgIpc) is 3.90. The summed E-state index contributed by atoms with van der Waals surface area (Å²) in [5.74, 6) is 0. The molecule has 56 heavy (non-hydrogen) atoms. The molecular formula is C49H51N7+2. The van der Waals surface area contributed by atoms with Crippen LogP contribution in [0.2, 0.25) is 0 Å². The first-order chi connectivity index (χ1) is 27.3. The van der Waals surface area contributed by atoms with E-state index in [-0.39, 0.29) is 23.0 Å². The van der Waals surface area contributed by atoms with E-state index in [0.29, 0.717) is 0 Å². The minimum atomic E-state index is -0.118. The second kappa shape index (κ2) is 12.9. The van der Waals surface area contributed by atoms with E-state index in [1.165, 1.54) is 74.1 Å². The quantitative estimate of drug-likeness (QED) is 0.153. The van der Waals surface area contributed by atoms with Crippen LogP contribution in [0.5, 0.6) is 0 Å². The molecule has 280 valence electrons. The summed E-state index contributed by atoms with van der Waals surface area (Å²) in [6.07, 6.45) is 12.4. The summed E-state index contributed by atoms with van der Waals surface area (Å²) in [5.41, 5.74) is 13.9. The molecule has 7 nitrogen and oxygen atoms in total. The van der Waals surface area contributed by atoms with E-state index in [0.717, 1.165) is 42.5 Å². The zero-order chi connectivity index (χ0) is 38.3. The average molecular weight is 738 g/mol. The highest BCUT2D eigenvalue weighted by molar-refractivity contribution is 6.16. The molecule has 0 N–H and O–H groups in total. The summed E-state index contributed by atoms with van der Waals surface area (Å²) in [6, 6.07) is 36.4. The smallest absolute Gasteiger partial charge is 0.309 e. The van der Waals surface area contributed by atoms with E-state index in [1.54, 1.807) is 0 Å². The van der Waals surface area contributed by atoms with E-state index in [2.05, 4.69) is 163 Å². The Kier molecular flexibility index (Phi) is 8.03. The van der Waals surface area contributed by atoms with Crippen molar-refractivity contribution in [2.75, 3.05) is 0 Å². The normalized spacial score (nSPS) is 17.2. The highest BCUT2D eigenvalue weighted by atomic mass is 15.4. The number of benzene rings is 3. The number of nitrogens with zero attached hydrogens (tertiary/aromatic N) is 7. The molecule has 2 aliphatic heterocycles. The SMILES string of the molecule is CCCCc1ccc(-n2c3ccccc3c3c4c(ccc32)C(C2CC(CC)(CC)[n+]3ccccc3-c3cc(C(C)(C)C)nn32)[n+]2c-4ccc3nccnc32)cc1. The zero-order valence-corrected chi connectivity index (χ0v) is 33.5. The first-order valence-corrected chi connectivity index (χ1v) is 20.7. The van der Waals surface area contributed by atoms with Crippen LogP contribution in [-0.2, 0) is 17.4 Å². The Morgan fingerprint density at radius 2 is 1.59 bits per heavy atom. The van der Waals surface area contributed by atoms with Gasteiger partial charge in [-0.2, -0.15) is 9.67 Å². The minimum absolute atomic E-state index is 0.0139. The van der Waals surface area contributed by atoms with Gasteiger partial charge >= 0.3 is 5.65 Å². The van der Waals surface area contributed by atoms with E-state index in [4.69, 9.17) is 15.1 Å². The van der Waals surface area contributed by atoms with Crippen molar-refractivity contribution < 1.29 is 9.13 Å². The molecule has 8 aromatic rings. The summed E-state index contributed by atoms with van der Waals surface area (Å²) < 4.78 is 9.96. The van der Waals surface area contributed by atoms with E-state index in [9.17, 15) is 0 Å². The summed E-state index contributed by atoms with van der Waals surface area (Å²) >= 11 is 0. The molecule has 0 bridgehead atoms. The third-order valence-corrected chi connectivity index (χ3v) is 13.1. The first kappa shape index (κ1) is 34.8. The maximum absolute atomic E-state index is 5.60. The molecule has 2 aliphatic rings. The van der Waals surface area contributed by atoms with Gasteiger partial charge in [-0.25, -0.2) is 9.55 Å². The van der Waals surface area contributed by atoms with Gasteiger partial charge in [-0.3, -0.25) is 4.68 Å². The van der Waals surface area contributed by atoms with Gasteiger partial charge in [0.25, 0.3) is 0 Å². The number of hydrogen-bond acceptors (Lipinski definition) is 3. The number of fused-ring (bicyclic) bond motifs is 12. The Labute approximate surface area is 329 Å². The highest BCUT2D eigenvalue weighted by Crippen LogP contribution is 2.51. The van der Waals surface area contributed by atoms with Crippen molar-refractivity contribution in [2.45, 2.75) is 103 Å². The minimum Gasteiger partial charge on any atom is -0.309 e. The Morgan fingerprint density at radius 1 is 0.804 bits per heavy atom. The third-order valence-electron chi connectivity index (χ3n) is 13.1. The van der Waals surface area contributed by atoms with Crippen LogP contribution in [0.25, 0.3) is 61.3 Å². The lowest BCUT2D eigenvalue weighted by Crippen LogP contribution is -2.57. The second-order valence-electron chi connectivity index (χ2n) is 17.1. The topological polar surface area (TPSA) is 56.3 Å². The van der Waals surface area contributed by atoms with Gasteiger partial charge in [0.2, 0.25) is 5.69 Å². The predicted octanol–water partition coefficient (Wildman–Crippen LogP) is 10.5. The number of pyridine rings is 2. The van der Waals surface area contributed by atoms with Crippen molar-refractivity contribution in [3.63, 3.8) is 0 Å². The van der Waals surface area contributed by atoms with E-state index < -0.39 is 0 Å². The molecule has 0 aliphatic carbocycles. The summed E-state index contributed by atoms with van der Waals surface area (Å²) in [5, 5.41) is 8.14. The van der Waals surface area contributed by atoms with Crippen molar-refractivity contribution in [3.8, 4) is 28.3 Å². The lowest BCUT2D eigenvalue weighted by Gasteiger charge is -2.31. The Hall–Kier alpha value is -5.69. The van der Waals surface area contributed by atoms with Gasteiger partial charge in [0, 0.05) is 64.4 Å². The standard InChI is InChI=1S/C49H51N7/c1-7-10-15-32-19-21-33(22-20-32)54-37-17-12-11-16-34(37)44-39(54)25-23-35-45(44)40-26-24-36-47(51-28-27-50-36)55(40)46(35)42-31-49(8-2,9-3)53-29-14-13-18-38(53)41-30-43(48(4,5)6)52-56(41)42/h11-14,16-30,42,46H,7-10,15,31H2,1-6H3/q+2. The molecule has 7 heteroatoms. The first-order valence-electron chi connectivity index (χ1n) is 20.7. The van der Waals surface area contributed by atoms with Gasteiger partial charge in [0.1, 0.15) is 17.4 Å². The van der Waals surface area contributed by atoms with Crippen LogP contribution < -0.4 is 9.13 Å². The second-order valence-corrected chi connectivity index (χ2v) is 17.1. The Morgan fingerprint density at radius 3 is 2.38 bits per heavy atom. The number of aryl methyl sites for hydroxylation is 1. The van der Waals surface area contributed by atoms with Gasteiger partial charge in [-0.15, -0.1) is 0 Å². The fourth-order valence-electron chi connectivity index (χ4n) is 10.0. The summed E-state index contributed by atoms with van der Waals surface area (Å²) in [4.78, 5) is 9.97. The van der Waals surface area contributed by atoms with Crippen LogP contribution in [0.1, 0.15) is 103 Å². The molecule has 5 aromatic heterocycles. The fourth-order valence-corrected chi connectivity index (χ4v) is 10.0. The number of unbranched alkanes of at least 4 members (excludes halogenated alkanes) is 1. The van der Waals surface area contributed by atoms with Crippen molar-refractivity contribution in [1.82, 2.24) is 24.3 Å². The van der Waals surface area contributed by atoms with E-state index in [1.807, 2.05) is 12.4 Å². The van der Waals surface area contributed by atoms with Crippen LogP contribution in [-0.4, -0.2) is 24.3 Å². The largest absolute Gasteiger partial charge is 0.349 e. The maximum Gasteiger partial charge on any atom is 0.349 e. The van der Waals surface area contributed by atoms with Crippen LogP contribution in [0.4, 0.5) is 0 Å². The van der Waals surface area contributed by atoms with Gasteiger partial charge in [-0.1, -0.05) is 84.4 Å². The monoisotopic (exact) mass is 737 g/mol. The van der Waals surface area contributed by atoms with Gasteiger partial charge in [0.15, 0.2) is 29.5 Å². The van der Waals surface area contributed by atoms with Gasteiger partial charge < -0.3 is 4.57 Å². The molecule has 0 spiro atoms. The Bertz CT molecular complexity index is 2800. The molecule has 0 amide bonds. The number of hydrogen-bond donors (Lipinski definition) is 0.